The number of hydrogen-bond donors (Lipinski definition) is 1. The van der Waals surface area contributed by atoms with Crippen molar-refractivity contribution in [3.63, 3.8) is 0 Å². The standard InChI is InChI=1S/C15H19N3O2S/c1-4-18(5-2)15(20)12-9(3)11(8-16)14(21-12)17-13(19)10-6-7-10/h10H,4-7H2,1-3H3,(H,17,19). The summed E-state index contributed by atoms with van der Waals surface area (Å²) in [6.07, 6.45) is 1.81. The molecule has 5 nitrogen and oxygen atoms in total. The first kappa shape index (κ1) is 15.5. The zero-order valence-corrected chi connectivity index (χ0v) is 13.3. The van der Waals surface area contributed by atoms with Crippen LogP contribution in [0.4, 0.5) is 5.00 Å². The molecule has 21 heavy (non-hydrogen) atoms. The predicted octanol–water partition coefficient (Wildman–Crippen LogP) is 2.76. The molecule has 0 bridgehead atoms. The Bertz CT molecular complexity index is 607. The first-order chi connectivity index (χ1) is 10.0. The SMILES string of the molecule is CCN(CC)C(=O)c1sc(NC(=O)C2CC2)c(C#N)c1C. The van der Waals surface area contributed by atoms with E-state index in [9.17, 15) is 14.9 Å². The average Bonchev–Trinajstić information content (AvgIpc) is 3.26. The van der Waals surface area contributed by atoms with Crippen LogP contribution in [-0.4, -0.2) is 29.8 Å². The van der Waals surface area contributed by atoms with Crippen LogP contribution in [-0.2, 0) is 4.79 Å². The summed E-state index contributed by atoms with van der Waals surface area (Å²) in [7, 11) is 0. The maximum atomic E-state index is 12.5. The molecule has 0 atom stereocenters. The maximum absolute atomic E-state index is 12.5. The Morgan fingerprint density at radius 2 is 2.00 bits per heavy atom. The number of carbonyl (C=O) groups is 2. The van der Waals surface area contributed by atoms with Gasteiger partial charge in [0.1, 0.15) is 11.1 Å². The van der Waals surface area contributed by atoms with Crippen molar-refractivity contribution in [3.8, 4) is 6.07 Å². The molecule has 1 saturated carbocycles. The van der Waals surface area contributed by atoms with Gasteiger partial charge in [0.15, 0.2) is 0 Å². The van der Waals surface area contributed by atoms with Crippen LogP contribution in [0.15, 0.2) is 0 Å². The maximum Gasteiger partial charge on any atom is 0.264 e. The number of carbonyl (C=O) groups excluding carboxylic acids is 2. The number of nitrogens with zero attached hydrogens (tertiary/aromatic N) is 2. The van der Waals surface area contributed by atoms with Crippen molar-refractivity contribution in [1.29, 1.82) is 5.26 Å². The van der Waals surface area contributed by atoms with Gasteiger partial charge in [-0.1, -0.05) is 0 Å². The van der Waals surface area contributed by atoms with Gasteiger partial charge in [0.25, 0.3) is 5.91 Å². The molecule has 1 fully saturated rings. The van der Waals surface area contributed by atoms with Gasteiger partial charge in [0.2, 0.25) is 5.91 Å². The van der Waals surface area contributed by atoms with E-state index in [4.69, 9.17) is 0 Å². The zero-order valence-electron chi connectivity index (χ0n) is 12.5. The van der Waals surface area contributed by atoms with E-state index in [-0.39, 0.29) is 17.7 Å². The number of rotatable bonds is 5. The largest absolute Gasteiger partial charge is 0.338 e. The second-order valence-corrected chi connectivity index (χ2v) is 6.13. The fourth-order valence-corrected chi connectivity index (χ4v) is 3.28. The molecule has 0 spiro atoms. The molecule has 2 amide bonds. The minimum absolute atomic E-state index is 0.0467. The second-order valence-electron chi connectivity index (χ2n) is 5.11. The highest BCUT2D eigenvalue weighted by atomic mass is 32.1. The highest BCUT2D eigenvalue weighted by molar-refractivity contribution is 7.18. The minimum atomic E-state index is -0.0779. The highest BCUT2D eigenvalue weighted by Crippen LogP contribution is 2.36. The Morgan fingerprint density at radius 3 is 2.48 bits per heavy atom. The van der Waals surface area contributed by atoms with Gasteiger partial charge in [0.05, 0.1) is 10.4 Å². The van der Waals surface area contributed by atoms with Crippen LogP contribution in [0.3, 0.4) is 0 Å². The normalized spacial score (nSPS) is 13.6. The molecule has 0 radical (unpaired) electrons. The number of nitrogens with one attached hydrogen (secondary N) is 1. The summed E-state index contributed by atoms with van der Waals surface area (Å²) in [6, 6.07) is 2.10. The van der Waals surface area contributed by atoms with Gasteiger partial charge < -0.3 is 10.2 Å². The topological polar surface area (TPSA) is 73.2 Å². The van der Waals surface area contributed by atoms with Crippen LogP contribution in [0.5, 0.6) is 0 Å². The molecule has 6 heteroatoms. The fraction of sp³-hybridized carbons (Fsp3) is 0.533. The van der Waals surface area contributed by atoms with E-state index < -0.39 is 0 Å². The predicted molar refractivity (Wildman–Crippen MR) is 82.4 cm³/mol. The number of thiophene rings is 1. The Morgan fingerprint density at radius 1 is 1.38 bits per heavy atom. The Balaban J connectivity index is 2.31. The molecule has 1 heterocycles. The lowest BCUT2D eigenvalue weighted by atomic mass is 10.1. The highest BCUT2D eigenvalue weighted by Gasteiger charge is 2.31. The van der Waals surface area contributed by atoms with Gasteiger partial charge in [-0.15, -0.1) is 11.3 Å². The van der Waals surface area contributed by atoms with Crippen LogP contribution < -0.4 is 5.32 Å². The van der Waals surface area contributed by atoms with E-state index in [0.717, 1.165) is 12.8 Å². The second kappa shape index (κ2) is 6.27. The first-order valence-corrected chi connectivity index (χ1v) is 7.98. The summed E-state index contributed by atoms with van der Waals surface area (Å²) in [5.41, 5.74) is 1.06. The van der Waals surface area contributed by atoms with Gasteiger partial charge in [0, 0.05) is 19.0 Å². The lowest BCUT2D eigenvalue weighted by molar-refractivity contribution is -0.117. The van der Waals surface area contributed by atoms with Crippen molar-refractivity contribution < 1.29 is 9.59 Å². The first-order valence-electron chi connectivity index (χ1n) is 7.17. The summed E-state index contributed by atoms with van der Waals surface area (Å²) in [5, 5.41) is 12.6. The van der Waals surface area contributed by atoms with Gasteiger partial charge in [-0.2, -0.15) is 5.26 Å². The monoisotopic (exact) mass is 305 g/mol. The van der Waals surface area contributed by atoms with Crippen LogP contribution >= 0.6 is 11.3 Å². The van der Waals surface area contributed by atoms with Crippen molar-refractivity contribution in [1.82, 2.24) is 4.90 Å². The molecule has 0 aromatic carbocycles. The third kappa shape index (κ3) is 3.08. The molecule has 1 aliphatic rings. The number of nitriles is 1. The lowest BCUT2D eigenvalue weighted by Crippen LogP contribution is -2.30. The van der Waals surface area contributed by atoms with Crippen molar-refractivity contribution >= 4 is 28.2 Å². The van der Waals surface area contributed by atoms with E-state index >= 15 is 0 Å². The summed E-state index contributed by atoms with van der Waals surface area (Å²) in [4.78, 5) is 26.6. The Labute approximate surface area is 128 Å². The number of anilines is 1. The minimum Gasteiger partial charge on any atom is -0.338 e. The average molecular weight is 305 g/mol. The van der Waals surface area contributed by atoms with Crippen LogP contribution in [0.2, 0.25) is 0 Å². The smallest absolute Gasteiger partial charge is 0.264 e. The molecular weight excluding hydrogens is 286 g/mol. The molecule has 1 aromatic heterocycles. The van der Waals surface area contributed by atoms with E-state index in [1.165, 1.54) is 11.3 Å². The van der Waals surface area contributed by atoms with Gasteiger partial charge in [-0.05, 0) is 39.2 Å². The van der Waals surface area contributed by atoms with Gasteiger partial charge >= 0.3 is 0 Å². The van der Waals surface area contributed by atoms with Crippen molar-refractivity contribution in [2.45, 2.75) is 33.6 Å². The molecule has 0 unspecified atom stereocenters. The molecule has 1 aliphatic carbocycles. The van der Waals surface area contributed by atoms with E-state index in [1.54, 1.807) is 11.8 Å². The van der Waals surface area contributed by atoms with Crippen LogP contribution in [0, 0.1) is 24.2 Å². The third-order valence-electron chi connectivity index (χ3n) is 3.69. The van der Waals surface area contributed by atoms with E-state index in [0.29, 0.717) is 34.1 Å². The molecule has 2 rings (SSSR count). The van der Waals surface area contributed by atoms with E-state index in [2.05, 4.69) is 11.4 Å². The van der Waals surface area contributed by atoms with Crippen LogP contribution in [0.1, 0.15) is 47.5 Å². The number of hydrogen-bond acceptors (Lipinski definition) is 4. The van der Waals surface area contributed by atoms with Crippen molar-refractivity contribution in [2.24, 2.45) is 5.92 Å². The molecule has 112 valence electrons. The molecule has 1 N–H and O–H groups in total. The van der Waals surface area contributed by atoms with E-state index in [1.807, 2.05) is 13.8 Å². The summed E-state index contributed by atoms with van der Waals surface area (Å²) < 4.78 is 0. The summed E-state index contributed by atoms with van der Waals surface area (Å²) in [5.74, 6) is -0.0543. The lowest BCUT2D eigenvalue weighted by Gasteiger charge is -2.17. The Kier molecular flexibility index (Phi) is 4.63. The third-order valence-corrected chi connectivity index (χ3v) is 4.88. The molecule has 1 aromatic rings. The summed E-state index contributed by atoms with van der Waals surface area (Å²) >= 11 is 1.21. The zero-order chi connectivity index (χ0) is 15.6. The van der Waals surface area contributed by atoms with Crippen molar-refractivity contribution in [2.75, 3.05) is 18.4 Å². The van der Waals surface area contributed by atoms with Crippen molar-refractivity contribution in [3.05, 3.63) is 16.0 Å². The van der Waals surface area contributed by atoms with Gasteiger partial charge in [-0.3, -0.25) is 9.59 Å². The van der Waals surface area contributed by atoms with Gasteiger partial charge in [-0.25, -0.2) is 0 Å². The quantitative estimate of drug-likeness (QED) is 0.909. The molecule has 0 aliphatic heterocycles. The summed E-state index contributed by atoms with van der Waals surface area (Å²) in [6.45, 7) is 6.85. The fourth-order valence-electron chi connectivity index (χ4n) is 2.15. The Hall–Kier alpha value is -1.87. The van der Waals surface area contributed by atoms with Crippen LogP contribution in [0.25, 0.3) is 0 Å². The molecule has 0 saturated heterocycles. The number of amides is 2. The molecular formula is C15H19N3O2S.